The Morgan fingerprint density at radius 1 is 0.889 bits per heavy atom. The number of hydrogen-bond donors (Lipinski definition) is 2. The molecule has 1 atom stereocenters. The van der Waals surface area contributed by atoms with Crippen molar-refractivity contribution in [2.24, 2.45) is 5.92 Å². The smallest absolute Gasteiger partial charge is 0.408 e. The summed E-state index contributed by atoms with van der Waals surface area (Å²) < 4.78 is 5.30. The molecule has 7 heteroatoms. The van der Waals surface area contributed by atoms with E-state index in [1.807, 2.05) is 79.4 Å². The summed E-state index contributed by atoms with van der Waals surface area (Å²) in [6.45, 7) is 10.7. The number of nitrogens with one attached hydrogen (secondary N) is 2. The van der Waals surface area contributed by atoms with Gasteiger partial charge >= 0.3 is 6.09 Å². The summed E-state index contributed by atoms with van der Waals surface area (Å²) in [6, 6.07) is 19.1. The highest BCUT2D eigenvalue weighted by Crippen LogP contribution is 2.13. The lowest BCUT2D eigenvalue weighted by molar-refractivity contribution is -0.132. The molecule has 3 amide bonds. The number of rotatable bonds is 12. The Morgan fingerprint density at radius 2 is 1.42 bits per heavy atom. The Balaban J connectivity index is 1.90. The third-order valence-electron chi connectivity index (χ3n) is 5.37. The highest BCUT2D eigenvalue weighted by atomic mass is 16.6. The highest BCUT2D eigenvalue weighted by Gasteiger charge is 2.25. The first-order valence-electron chi connectivity index (χ1n) is 12.7. The van der Waals surface area contributed by atoms with E-state index in [4.69, 9.17) is 4.74 Å². The second kappa shape index (κ2) is 14.3. The van der Waals surface area contributed by atoms with Gasteiger partial charge in [0.2, 0.25) is 11.8 Å². The summed E-state index contributed by atoms with van der Waals surface area (Å²) in [7, 11) is 0. The van der Waals surface area contributed by atoms with Gasteiger partial charge in [0, 0.05) is 26.1 Å². The molecule has 0 fully saturated rings. The topological polar surface area (TPSA) is 87.7 Å². The van der Waals surface area contributed by atoms with Crippen LogP contribution in [0.4, 0.5) is 4.79 Å². The summed E-state index contributed by atoms with van der Waals surface area (Å²) in [4.78, 5) is 39.9. The van der Waals surface area contributed by atoms with E-state index in [2.05, 4.69) is 10.6 Å². The largest absolute Gasteiger partial charge is 0.444 e. The second-order valence-electron chi connectivity index (χ2n) is 10.4. The average molecular weight is 496 g/mol. The first-order valence-corrected chi connectivity index (χ1v) is 12.7. The molecule has 0 aliphatic carbocycles. The average Bonchev–Trinajstić information content (AvgIpc) is 2.80. The Kier molecular flexibility index (Phi) is 11.4. The number of alkyl carbamates (subject to hydrolysis) is 1. The fraction of sp³-hybridized carbons (Fsp3) is 0.483. The van der Waals surface area contributed by atoms with E-state index < -0.39 is 17.7 Å². The number of carbonyl (C=O) groups excluding carboxylic acids is 3. The summed E-state index contributed by atoms with van der Waals surface area (Å²) in [5.41, 5.74) is 1.49. The molecule has 196 valence electrons. The van der Waals surface area contributed by atoms with Crippen LogP contribution in [-0.2, 0) is 27.4 Å². The molecule has 2 aromatic carbocycles. The van der Waals surface area contributed by atoms with Gasteiger partial charge in [-0.05, 0) is 50.7 Å². The van der Waals surface area contributed by atoms with Crippen LogP contribution in [0.15, 0.2) is 60.7 Å². The Bertz CT molecular complexity index is 914. The zero-order valence-corrected chi connectivity index (χ0v) is 22.3. The van der Waals surface area contributed by atoms with E-state index in [1.54, 1.807) is 20.8 Å². The molecule has 0 saturated heterocycles. The zero-order chi connectivity index (χ0) is 26.6. The minimum Gasteiger partial charge on any atom is -0.444 e. The monoisotopic (exact) mass is 495 g/mol. The molecule has 0 aliphatic heterocycles. The molecule has 0 unspecified atom stereocenters. The van der Waals surface area contributed by atoms with Crippen molar-refractivity contribution in [1.82, 2.24) is 15.5 Å². The molecule has 2 N–H and O–H groups in total. The first kappa shape index (κ1) is 28.9. The fourth-order valence-corrected chi connectivity index (χ4v) is 3.73. The van der Waals surface area contributed by atoms with Gasteiger partial charge in [0.25, 0.3) is 0 Å². The Hall–Kier alpha value is -3.35. The second-order valence-corrected chi connectivity index (χ2v) is 10.4. The maximum Gasteiger partial charge on any atom is 0.408 e. The van der Waals surface area contributed by atoms with Gasteiger partial charge in [0.1, 0.15) is 11.6 Å². The van der Waals surface area contributed by atoms with Crippen LogP contribution in [0, 0.1) is 5.92 Å². The lowest BCUT2D eigenvalue weighted by Crippen LogP contribution is -2.49. The summed E-state index contributed by atoms with van der Waals surface area (Å²) >= 11 is 0. The van der Waals surface area contributed by atoms with E-state index in [9.17, 15) is 14.4 Å². The minimum atomic E-state index is -0.691. The van der Waals surface area contributed by atoms with Gasteiger partial charge in [0.05, 0.1) is 0 Å². The molecule has 0 heterocycles. The lowest BCUT2D eigenvalue weighted by Gasteiger charge is -2.24. The molecule has 0 radical (unpaired) electrons. The van der Waals surface area contributed by atoms with Crippen molar-refractivity contribution in [3.63, 3.8) is 0 Å². The maximum atomic E-state index is 13.1. The molecule has 36 heavy (non-hydrogen) atoms. The van der Waals surface area contributed by atoms with E-state index in [-0.39, 0.29) is 17.7 Å². The number of carbonyl (C=O) groups is 3. The number of nitrogens with zero attached hydrogens (tertiary/aromatic N) is 1. The number of benzene rings is 2. The molecule has 2 aromatic rings. The zero-order valence-electron chi connectivity index (χ0n) is 22.3. The molecular formula is C29H41N3O4. The van der Waals surface area contributed by atoms with Gasteiger partial charge in [-0.15, -0.1) is 0 Å². The molecule has 0 bridgehead atoms. The molecule has 0 aliphatic rings. The van der Waals surface area contributed by atoms with Crippen LogP contribution in [-0.4, -0.2) is 41.0 Å². The number of ether oxygens (including phenoxy) is 1. The number of amides is 3. The molecular weight excluding hydrogens is 454 g/mol. The summed E-state index contributed by atoms with van der Waals surface area (Å²) in [5, 5.41) is 5.55. The van der Waals surface area contributed by atoms with Gasteiger partial charge < -0.3 is 20.3 Å². The Labute approximate surface area is 215 Å². The first-order chi connectivity index (χ1) is 17.0. The van der Waals surface area contributed by atoms with E-state index in [0.717, 1.165) is 11.1 Å². The fourth-order valence-electron chi connectivity index (χ4n) is 3.73. The van der Waals surface area contributed by atoms with E-state index in [0.29, 0.717) is 38.9 Å². The van der Waals surface area contributed by atoms with Crippen LogP contribution in [0.2, 0.25) is 0 Å². The van der Waals surface area contributed by atoms with Crippen molar-refractivity contribution >= 4 is 17.9 Å². The van der Waals surface area contributed by atoms with Crippen LogP contribution < -0.4 is 10.6 Å². The third-order valence-corrected chi connectivity index (χ3v) is 5.37. The van der Waals surface area contributed by atoms with Crippen LogP contribution in [0.1, 0.15) is 65.0 Å². The quantitative estimate of drug-likeness (QED) is 0.403. The highest BCUT2D eigenvalue weighted by molar-refractivity contribution is 5.85. The predicted molar refractivity (Wildman–Crippen MR) is 142 cm³/mol. The van der Waals surface area contributed by atoms with Gasteiger partial charge in [-0.1, -0.05) is 74.5 Å². The van der Waals surface area contributed by atoms with Crippen LogP contribution in [0.25, 0.3) is 0 Å². The van der Waals surface area contributed by atoms with Crippen LogP contribution >= 0.6 is 0 Å². The normalized spacial score (nSPS) is 12.1. The maximum absolute atomic E-state index is 13.1. The van der Waals surface area contributed by atoms with Crippen molar-refractivity contribution in [3.8, 4) is 0 Å². The molecule has 2 rings (SSSR count). The standard InChI is InChI=1S/C29H41N3O4/c1-22(2)19-25(31-28(35)36-29(3,4)5)27(34)30-18-12-17-26(33)32(20-23-13-8-6-9-14-23)21-24-15-10-7-11-16-24/h6-11,13-16,22,25H,12,17-21H2,1-5H3,(H,30,34)(H,31,35)/t25-/m0/s1. The van der Waals surface area contributed by atoms with Gasteiger partial charge in [-0.3, -0.25) is 9.59 Å². The Morgan fingerprint density at radius 3 is 1.89 bits per heavy atom. The van der Waals surface area contributed by atoms with Crippen molar-refractivity contribution in [2.75, 3.05) is 6.54 Å². The van der Waals surface area contributed by atoms with Crippen molar-refractivity contribution in [2.45, 2.75) is 78.6 Å². The minimum absolute atomic E-state index is 0.0302. The van der Waals surface area contributed by atoms with Crippen molar-refractivity contribution in [1.29, 1.82) is 0 Å². The van der Waals surface area contributed by atoms with Crippen LogP contribution in [0.3, 0.4) is 0 Å². The van der Waals surface area contributed by atoms with Crippen molar-refractivity contribution in [3.05, 3.63) is 71.8 Å². The van der Waals surface area contributed by atoms with E-state index >= 15 is 0 Å². The molecule has 7 nitrogen and oxygen atoms in total. The SMILES string of the molecule is CC(C)C[C@H](NC(=O)OC(C)(C)C)C(=O)NCCCC(=O)N(Cc1ccccc1)Cc1ccccc1. The summed E-state index contributed by atoms with van der Waals surface area (Å²) in [5.74, 6) is -0.0307. The van der Waals surface area contributed by atoms with Gasteiger partial charge in [-0.2, -0.15) is 0 Å². The molecule has 0 saturated carbocycles. The van der Waals surface area contributed by atoms with Gasteiger partial charge in [0.15, 0.2) is 0 Å². The molecule has 0 spiro atoms. The summed E-state index contributed by atoms with van der Waals surface area (Å²) in [6.07, 6.45) is 0.696. The van der Waals surface area contributed by atoms with Crippen LogP contribution in [0.5, 0.6) is 0 Å². The van der Waals surface area contributed by atoms with E-state index in [1.165, 1.54) is 0 Å². The lowest BCUT2D eigenvalue weighted by atomic mass is 10.0. The molecule has 0 aromatic heterocycles. The number of hydrogen-bond acceptors (Lipinski definition) is 4. The van der Waals surface area contributed by atoms with Gasteiger partial charge in [-0.25, -0.2) is 4.79 Å². The predicted octanol–water partition coefficient (Wildman–Crippen LogP) is 5.05. The third kappa shape index (κ3) is 11.4. The van der Waals surface area contributed by atoms with Crippen molar-refractivity contribution < 1.29 is 19.1 Å².